The molecule has 0 aromatic heterocycles. The summed E-state index contributed by atoms with van der Waals surface area (Å²) in [6.07, 6.45) is 2.19. The minimum atomic E-state index is -3.64. The lowest BCUT2D eigenvalue weighted by Gasteiger charge is -2.10. The maximum Gasteiger partial charge on any atom is 0.240 e. The van der Waals surface area contributed by atoms with Crippen molar-refractivity contribution in [3.63, 3.8) is 0 Å². The molecule has 0 spiro atoms. The fourth-order valence-electron chi connectivity index (χ4n) is 1.43. The summed E-state index contributed by atoms with van der Waals surface area (Å²) in [5.41, 5.74) is 1.51. The van der Waals surface area contributed by atoms with E-state index in [-0.39, 0.29) is 4.90 Å². The van der Waals surface area contributed by atoms with Crippen LogP contribution in [0.5, 0.6) is 0 Å². The minimum Gasteiger partial charge on any atom is -0.381 e. The molecule has 2 rings (SSSR count). The van der Waals surface area contributed by atoms with E-state index >= 15 is 0 Å². The molecule has 1 saturated carbocycles. The normalized spacial score (nSPS) is 16.4. The van der Waals surface area contributed by atoms with E-state index in [0.717, 1.165) is 18.4 Å². The Labute approximate surface area is 89.5 Å². The number of benzene rings is 1. The van der Waals surface area contributed by atoms with Crippen molar-refractivity contribution in [3.05, 3.63) is 23.8 Å². The van der Waals surface area contributed by atoms with Crippen LogP contribution >= 0.6 is 0 Å². The van der Waals surface area contributed by atoms with Crippen molar-refractivity contribution in [3.8, 4) is 0 Å². The minimum absolute atomic E-state index is 0.189. The molecule has 0 saturated heterocycles. The van der Waals surface area contributed by atoms with E-state index < -0.39 is 10.0 Å². The van der Waals surface area contributed by atoms with Gasteiger partial charge in [-0.05, 0) is 37.5 Å². The summed E-state index contributed by atoms with van der Waals surface area (Å²) >= 11 is 0. The smallest absolute Gasteiger partial charge is 0.240 e. The van der Waals surface area contributed by atoms with Gasteiger partial charge in [0.1, 0.15) is 4.90 Å². The summed E-state index contributed by atoms with van der Waals surface area (Å²) in [5, 5.41) is 8.31. The molecule has 1 aliphatic carbocycles. The predicted molar refractivity (Wildman–Crippen MR) is 59.2 cm³/mol. The lowest BCUT2D eigenvalue weighted by atomic mass is 10.2. The summed E-state index contributed by atoms with van der Waals surface area (Å²) in [5.74, 6) is 0. The topological polar surface area (TPSA) is 72.2 Å². The third kappa shape index (κ3) is 2.49. The van der Waals surface area contributed by atoms with Crippen LogP contribution in [-0.2, 0) is 10.0 Å². The first-order chi connectivity index (χ1) is 6.97. The Kier molecular flexibility index (Phi) is 2.44. The van der Waals surface area contributed by atoms with Gasteiger partial charge in [0.05, 0.1) is 5.69 Å². The Morgan fingerprint density at radius 2 is 2.07 bits per heavy atom. The summed E-state index contributed by atoms with van der Waals surface area (Å²) < 4.78 is 22.7. The van der Waals surface area contributed by atoms with Gasteiger partial charge in [-0.25, -0.2) is 13.6 Å². The van der Waals surface area contributed by atoms with Crippen LogP contribution in [0.25, 0.3) is 0 Å². The number of hydrogen-bond donors (Lipinski definition) is 2. The van der Waals surface area contributed by atoms with E-state index in [1.54, 1.807) is 12.1 Å². The van der Waals surface area contributed by atoms with Gasteiger partial charge in [0.2, 0.25) is 10.0 Å². The van der Waals surface area contributed by atoms with Crippen molar-refractivity contribution in [2.75, 3.05) is 5.32 Å². The van der Waals surface area contributed by atoms with E-state index in [1.807, 2.05) is 13.0 Å². The highest BCUT2D eigenvalue weighted by Crippen LogP contribution is 2.28. The van der Waals surface area contributed by atoms with Gasteiger partial charge in [0, 0.05) is 6.04 Å². The number of nitrogens with two attached hydrogens (primary N) is 1. The van der Waals surface area contributed by atoms with Crippen LogP contribution in [0.3, 0.4) is 0 Å². The summed E-state index contributed by atoms with van der Waals surface area (Å²) in [7, 11) is -3.64. The lowest BCUT2D eigenvalue weighted by Crippen LogP contribution is -2.15. The fraction of sp³-hybridized carbons (Fsp3) is 0.400. The molecule has 1 fully saturated rings. The second-order valence-corrected chi connectivity index (χ2v) is 5.49. The summed E-state index contributed by atoms with van der Waals surface area (Å²) in [4.78, 5) is 0.189. The van der Waals surface area contributed by atoms with Crippen LogP contribution in [0.1, 0.15) is 18.4 Å². The van der Waals surface area contributed by atoms with Crippen molar-refractivity contribution in [1.82, 2.24) is 0 Å². The van der Waals surface area contributed by atoms with Gasteiger partial charge in [0.15, 0.2) is 0 Å². The van der Waals surface area contributed by atoms with E-state index in [1.165, 1.54) is 0 Å². The zero-order valence-corrected chi connectivity index (χ0v) is 9.34. The van der Waals surface area contributed by atoms with Crippen LogP contribution < -0.4 is 10.5 Å². The molecular weight excluding hydrogens is 212 g/mol. The molecule has 0 unspecified atom stereocenters. The molecule has 1 aliphatic rings. The highest BCUT2D eigenvalue weighted by Gasteiger charge is 2.23. The molecule has 0 atom stereocenters. The quantitative estimate of drug-likeness (QED) is 0.814. The van der Waals surface area contributed by atoms with Crippen molar-refractivity contribution < 1.29 is 8.42 Å². The molecule has 0 bridgehead atoms. The molecule has 82 valence electrons. The number of nitrogens with one attached hydrogen (secondary N) is 1. The average Bonchev–Trinajstić information content (AvgIpc) is 2.90. The van der Waals surface area contributed by atoms with Gasteiger partial charge < -0.3 is 5.32 Å². The standard InChI is InChI=1S/C10H14N2O2S/c1-7-2-5-9(12-8-3-4-8)10(6-7)15(11,13)14/h2,5-6,8,12H,3-4H2,1H3,(H2,11,13,14). The molecule has 1 aromatic carbocycles. The molecule has 0 amide bonds. The van der Waals surface area contributed by atoms with Gasteiger partial charge >= 0.3 is 0 Å². The van der Waals surface area contributed by atoms with Gasteiger partial charge in [-0.15, -0.1) is 0 Å². The number of rotatable bonds is 3. The van der Waals surface area contributed by atoms with Gasteiger partial charge in [-0.3, -0.25) is 0 Å². The maximum absolute atomic E-state index is 11.3. The largest absolute Gasteiger partial charge is 0.381 e. The predicted octanol–water partition coefficient (Wildman–Crippen LogP) is 1.22. The van der Waals surface area contributed by atoms with Gasteiger partial charge in [-0.2, -0.15) is 0 Å². The van der Waals surface area contributed by atoms with Crippen LogP contribution in [-0.4, -0.2) is 14.5 Å². The maximum atomic E-state index is 11.3. The first-order valence-electron chi connectivity index (χ1n) is 4.87. The average molecular weight is 226 g/mol. The lowest BCUT2D eigenvalue weighted by molar-refractivity contribution is 0.598. The second-order valence-electron chi connectivity index (χ2n) is 3.96. The van der Waals surface area contributed by atoms with Crippen LogP contribution in [0.4, 0.5) is 5.69 Å². The number of primary sulfonamides is 1. The van der Waals surface area contributed by atoms with Gasteiger partial charge in [-0.1, -0.05) is 6.07 Å². The molecule has 0 radical (unpaired) electrons. The molecule has 4 nitrogen and oxygen atoms in total. The molecule has 3 N–H and O–H groups in total. The van der Waals surface area contributed by atoms with Crippen LogP contribution in [0, 0.1) is 6.92 Å². The third-order valence-electron chi connectivity index (χ3n) is 2.38. The Morgan fingerprint density at radius 1 is 1.40 bits per heavy atom. The van der Waals surface area contributed by atoms with Gasteiger partial charge in [0.25, 0.3) is 0 Å². The van der Waals surface area contributed by atoms with E-state index in [4.69, 9.17) is 5.14 Å². The summed E-state index contributed by atoms with van der Waals surface area (Å²) in [6, 6.07) is 5.65. The Hall–Kier alpha value is -1.07. The zero-order chi connectivity index (χ0) is 11.1. The molecule has 15 heavy (non-hydrogen) atoms. The van der Waals surface area contributed by atoms with Crippen molar-refractivity contribution in [2.45, 2.75) is 30.7 Å². The molecule has 1 aromatic rings. The monoisotopic (exact) mass is 226 g/mol. The number of hydrogen-bond acceptors (Lipinski definition) is 3. The first kappa shape index (κ1) is 10.4. The molecule has 5 heteroatoms. The van der Waals surface area contributed by atoms with Crippen LogP contribution in [0.2, 0.25) is 0 Å². The first-order valence-corrected chi connectivity index (χ1v) is 6.41. The van der Waals surface area contributed by atoms with E-state index in [2.05, 4.69) is 5.32 Å². The highest BCUT2D eigenvalue weighted by atomic mass is 32.2. The number of sulfonamides is 1. The molecule has 0 heterocycles. The fourth-order valence-corrected chi connectivity index (χ4v) is 2.22. The van der Waals surface area contributed by atoms with Crippen molar-refractivity contribution >= 4 is 15.7 Å². The van der Waals surface area contributed by atoms with Crippen molar-refractivity contribution in [2.24, 2.45) is 5.14 Å². The van der Waals surface area contributed by atoms with Crippen LogP contribution in [0.15, 0.2) is 23.1 Å². The van der Waals surface area contributed by atoms with E-state index in [9.17, 15) is 8.42 Å². The second kappa shape index (κ2) is 3.50. The zero-order valence-electron chi connectivity index (χ0n) is 8.53. The SMILES string of the molecule is Cc1ccc(NC2CC2)c(S(N)(=O)=O)c1. The Balaban J connectivity index is 2.43. The van der Waals surface area contributed by atoms with Crippen molar-refractivity contribution in [1.29, 1.82) is 0 Å². The summed E-state index contributed by atoms with van der Waals surface area (Å²) in [6.45, 7) is 1.84. The molecular formula is C10H14N2O2S. The Morgan fingerprint density at radius 3 is 2.60 bits per heavy atom. The third-order valence-corrected chi connectivity index (χ3v) is 3.33. The van der Waals surface area contributed by atoms with E-state index in [0.29, 0.717) is 11.7 Å². The number of anilines is 1. The highest BCUT2D eigenvalue weighted by molar-refractivity contribution is 7.89. The molecule has 0 aliphatic heterocycles. The Bertz CT molecular complexity index is 478. The number of aryl methyl sites for hydroxylation is 1.